The lowest BCUT2D eigenvalue weighted by atomic mass is 10.2. The van der Waals surface area contributed by atoms with Crippen LogP contribution in [-0.4, -0.2) is 63.7 Å². The van der Waals surface area contributed by atoms with Crippen LogP contribution < -0.4 is 20.9 Å². The number of nitrogens with zero attached hydrogens (tertiary/aromatic N) is 1. The number of hydrogen-bond acceptors (Lipinski definition) is 11. The number of aromatic nitrogens is 2. The van der Waals surface area contributed by atoms with E-state index in [4.69, 9.17) is 23.3 Å². The van der Waals surface area contributed by atoms with Gasteiger partial charge in [-0.2, -0.15) is 5.09 Å². The lowest BCUT2D eigenvalue weighted by Gasteiger charge is -2.25. The third-order valence-electron chi connectivity index (χ3n) is 5.72. The third kappa shape index (κ3) is 8.35. The van der Waals surface area contributed by atoms with E-state index in [-0.39, 0.29) is 17.7 Å². The number of aliphatic hydroxyl groups excluding tert-OH is 1. The summed E-state index contributed by atoms with van der Waals surface area (Å²) in [5, 5.41) is 13.0. The fraction of sp³-hybridized carbons (Fsp3) is 0.520. The molecule has 0 unspecified atom stereocenters. The minimum Gasteiger partial charge on any atom is -0.460 e. The molecule has 1 aliphatic heterocycles. The van der Waals surface area contributed by atoms with Crippen molar-refractivity contribution >= 4 is 19.7 Å². The molecule has 3 rings (SSSR count). The van der Waals surface area contributed by atoms with Crippen LogP contribution in [-0.2, 0) is 32.9 Å². The molecule has 40 heavy (non-hydrogen) atoms. The molecule has 1 saturated heterocycles. The number of aromatic amines is 1. The first-order valence-electron chi connectivity index (χ1n) is 12.6. The number of para-hydroxylation sites is 1. The molecule has 3 N–H and O–H groups in total. The fourth-order valence-corrected chi connectivity index (χ4v) is 5.16. The van der Waals surface area contributed by atoms with Crippen molar-refractivity contribution in [3.05, 3.63) is 62.9 Å². The first kappa shape index (κ1) is 31.2. The standard InChI is InChI=1S/C25H34N3O11P/c1-14(2)36-24(32)17(5)37-23(31)16(4)27-40(34,39-18-9-7-6-8-10-18)35-13-20-19(29)11-21(38-20)28-12-15(3)22(30)26-25(28)33/h6-10,12,14,16-17,19-21,29H,11,13H2,1-5H3,(H,27,34)(H,26,30,33)/t16-,17-,19+,20-,21-,40-/m0/s1. The van der Waals surface area contributed by atoms with Crippen LogP contribution in [0.5, 0.6) is 5.75 Å². The van der Waals surface area contributed by atoms with Gasteiger partial charge in [0.05, 0.1) is 18.8 Å². The molecule has 1 aromatic carbocycles. The maximum absolute atomic E-state index is 13.7. The zero-order chi connectivity index (χ0) is 29.6. The second-order valence-corrected chi connectivity index (χ2v) is 11.2. The number of carbonyl (C=O) groups excluding carboxylic acids is 2. The van der Waals surface area contributed by atoms with Crippen LogP contribution in [0.2, 0.25) is 0 Å². The minimum absolute atomic E-state index is 0.0101. The zero-order valence-electron chi connectivity index (χ0n) is 22.8. The number of ether oxygens (including phenoxy) is 3. The second kappa shape index (κ2) is 13.4. The predicted molar refractivity (Wildman–Crippen MR) is 141 cm³/mol. The number of nitrogens with one attached hydrogen (secondary N) is 2. The van der Waals surface area contributed by atoms with E-state index >= 15 is 0 Å². The molecule has 0 radical (unpaired) electrons. The topological polar surface area (TPSA) is 184 Å². The van der Waals surface area contributed by atoms with E-state index in [0.717, 1.165) is 4.57 Å². The average Bonchev–Trinajstić information content (AvgIpc) is 3.25. The number of carbonyl (C=O) groups is 2. The zero-order valence-corrected chi connectivity index (χ0v) is 23.7. The van der Waals surface area contributed by atoms with Crippen LogP contribution in [0.3, 0.4) is 0 Å². The van der Waals surface area contributed by atoms with Crippen molar-refractivity contribution in [1.29, 1.82) is 0 Å². The summed E-state index contributed by atoms with van der Waals surface area (Å²) < 4.78 is 41.9. The highest BCUT2D eigenvalue weighted by atomic mass is 31.2. The van der Waals surface area contributed by atoms with E-state index in [0.29, 0.717) is 0 Å². The van der Waals surface area contributed by atoms with Crippen LogP contribution >= 0.6 is 7.75 Å². The molecule has 1 aliphatic rings. The highest BCUT2D eigenvalue weighted by Gasteiger charge is 2.40. The summed E-state index contributed by atoms with van der Waals surface area (Å²) in [4.78, 5) is 50.7. The number of benzene rings is 1. The van der Waals surface area contributed by atoms with Crippen LogP contribution in [0, 0.1) is 6.92 Å². The van der Waals surface area contributed by atoms with Gasteiger partial charge in [0.15, 0.2) is 6.10 Å². The summed E-state index contributed by atoms with van der Waals surface area (Å²) in [5.74, 6) is -1.50. The average molecular weight is 584 g/mol. The Labute approximate surface area is 230 Å². The molecule has 14 nitrogen and oxygen atoms in total. The summed E-state index contributed by atoms with van der Waals surface area (Å²) in [6.07, 6.45) is -3.39. The maximum Gasteiger partial charge on any atom is 0.459 e. The molecule has 0 bridgehead atoms. The number of aliphatic hydroxyl groups is 1. The van der Waals surface area contributed by atoms with Crippen molar-refractivity contribution < 1.29 is 42.5 Å². The van der Waals surface area contributed by atoms with Crippen molar-refractivity contribution in [3.63, 3.8) is 0 Å². The van der Waals surface area contributed by atoms with Crippen LogP contribution in [0.4, 0.5) is 0 Å². The number of H-pyrrole nitrogens is 1. The van der Waals surface area contributed by atoms with E-state index in [1.165, 1.54) is 39.1 Å². The van der Waals surface area contributed by atoms with Gasteiger partial charge in [-0.25, -0.2) is 14.2 Å². The van der Waals surface area contributed by atoms with Gasteiger partial charge in [-0.15, -0.1) is 0 Å². The first-order chi connectivity index (χ1) is 18.8. The van der Waals surface area contributed by atoms with Crippen molar-refractivity contribution in [1.82, 2.24) is 14.6 Å². The Hall–Kier alpha value is -3.29. The quantitative estimate of drug-likeness (QED) is 0.242. The normalized spacial score (nSPS) is 21.8. The number of esters is 2. The molecule has 0 aliphatic carbocycles. The van der Waals surface area contributed by atoms with Gasteiger partial charge in [0.2, 0.25) is 0 Å². The Morgan fingerprint density at radius 2 is 1.82 bits per heavy atom. The van der Waals surface area contributed by atoms with Crippen LogP contribution in [0.15, 0.2) is 46.1 Å². The fourth-order valence-electron chi connectivity index (χ4n) is 3.66. The first-order valence-corrected chi connectivity index (χ1v) is 14.2. The highest BCUT2D eigenvalue weighted by molar-refractivity contribution is 7.52. The van der Waals surface area contributed by atoms with Gasteiger partial charge in [0, 0.05) is 18.2 Å². The smallest absolute Gasteiger partial charge is 0.459 e. The van der Waals surface area contributed by atoms with E-state index in [1.54, 1.807) is 32.0 Å². The molecule has 1 fully saturated rings. The molecule has 1 aromatic heterocycles. The number of aryl methyl sites for hydroxylation is 1. The minimum atomic E-state index is -4.31. The van der Waals surface area contributed by atoms with Crippen LogP contribution in [0.1, 0.15) is 45.9 Å². The molecule has 2 aromatic rings. The molecule has 6 atom stereocenters. The van der Waals surface area contributed by atoms with E-state index < -0.39 is 74.2 Å². The lowest BCUT2D eigenvalue weighted by molar-refractivity contribution is -0.169. The van der Waals surface area contributed by atoms with Gasteiger partial charge in [-0.1, -0.05) is 18.2 Å². The molecule has 15 heteroatoms. The molecule has 220 valence electrons. The van der Waals surface area contributed by atoms with Gasteiger partial charge in [-0.05, 0) is 46.8 Å². The van der Waals surface area contributed by atoms with Crippen molar-refractivity contribution in [2.45, 2.75) is 77.7 Å². The SMILES string of the molecule is Cc1cn([C@@H]2C[C@@H](O)[C@H](CO[P@@](=O)(N[C@@H](C)C(=O)O[C@@H](C)C(=O)OC(C)C)Oc3ccccc3)O2)c(=O)[nH]c1=O. The van der Waals surface area contributed by atoms with Crippen LogP contribution in [0.25, 0.3) is 0 Å². The van der Waals surface area contributed by atoms with E-state index in [2.05, 4.69) is 10.1 Å². The lowest BCUT2D eigenvalue weighted by Crippen LogP contribution is -2.39. The summed E-state index contributed by atoms with van der Waals surface area (Å²) in [6, 6.07) is 6.77. The second-order valence-electron chi connectivity index (χ2n) is 9.52. The third-order valence-corrected chi connectivity index (χ3v) is 7.36. The van der Waals surface area contributed by atoms with Gasteiger partial charge in [-0.3, -0.25) is 23.7 Å². The molecular weight excluding hydrogens is 549 g/mol. The molecular formula is C25H34N3O11P. The van der Waals surface area contributed by atoms with Gasteiger partial charge < -0.3 is 23.8 Å². The Kier molecular flexibility index (Phi) is 10.4. The summed E-state index contributed by atoms with van der Waals surface area (Å²) in [7, 11) is -4.31. The molecule has 2 heterocycles. The van der Waals surface area contributed by atoms with E-state index in [1.807, 2.05) is 0 Å². The van der Waals surface area contributed by atoms with Gasteiger partial charge in [0.25, 0.3) is 5.56 Å². The largest absolute Gasteiger partial charge is 0.460 e. The maximum atomic E-state index is 13.7. The Balaban J connectivity index is 1.71. The van der Waals surface area contributed by atoms with E-state index in [9.17, 15) is 28.8 Å². The summed E-state index contributed by atoms with van der Waals surface area (Å²) in [6.45, 7) is 7.05. The summed E-state index contributed by atoms with van der Waals surface area (Å²) >= 11 is 0. The van der Waals surface area contributed by atoms with Gasteiger partial charge >= 0.3 is 25.4 Å². The van der Waals surface area contributed by atoms with Crippen molar-refractivity contribution in [3.8, 4) is 5.75 Å². The Bertz CT molecular complexity index is 1340. The summed E-state index contributed by atoms with van der Waals surface area (Å²) in [5.41, 5.74) is -0.980. The Morgan fingerprint density at radius 1 is 1.15 bits per heavy atom. The molecule has 0 spiro atoms. The predicted octanol–water partition coefficient (Wildman–Crippen LogP) is 1.56. The monoisotopic (exact) mass is 583 g/mol. The molecule has 0 amide bonds. The van der Waals surface area contributed by atoms with Gasteiger partial charge in [0.1, 0.15) is 24.1 Å². The number of hydrogen-bond donors (Lipinski definition) is 3. The highest BCUT2D eigenvalue weighted by Crippen LogP contribution is 2.46. The van der Waals surface area contributed by atoms with Crippen molar-refractivity contribution in [2.24, 2.45) is 0 Å². The van der Waals surface area contributed by atoms with Crippen molar-refractivity contribution in [2.75, 3.05) is 6.61 Å². The molecule has 0 saturated carbocycles. The number of rotatable bonds is 12. The Morgan fingerprint density at radius 3 is 2.48 bits per heavy atom.